The Hall–Kier alpha value is -3.23. The fraction of sp³-hybridized carbons (Fsp3) is 0.182. The van der Waals surface area contributed by atoms with Gasteiger partial charge in [-0.1, -0.05) is 42.9 Å². The fourth-order valence-corrected chi connectivity index (χ4v) is 4.41. The van der Waals surface area contributed by atoms with Crippen LogP contribution >= 0.6 is 22.9 Å². The molecule has 2 N–H and O–H groups in total. The molecule has 0 spiro atoms. The van der Waals surface area contributed by atoms with Crippen LogP contribution in [0.4, 0.5) is 10.8 Å². The SMILES string of the molecule is CC(=O)Nc1ccc2nc(NC(=O)c3cnn(-c4cccc(Cl)c4)c3C(C)C)sc2c1. The van der Waals surface area contributed by atoms with E-state index in [-0.39, 0.29) is 17.7 Å². The highest BCUT2D eigenvalue weighted by Crippen LogP contribution is 2.30. The highest BCUT2D eigenvalue weighted by molar-refractivity contribution is 7.22. The normalized spacial score (nSPS) is 11.1. The second-order valence-corrected chi connectivity index (χ2v) is 8.79. The summed E-state index contributed by atoms with van der Waals surface area (Å²) in [5.74, 6) is -0.369. The monoisotopic (exact) mass is 453 g/mol. The van der Waals surface area contributed by atoms with Gasteiger partial charge in [0.05, 0.1) is 33.4 Å². The zero-order valence-corrected chi connectivity index (χ0v) is 18.7. The third kappa shape index (κ3) is 4.45. The van der Waals surface area contributed by atoms with Crippen LogP contribution in [0.5, 0.6) is 0 Å². The molecule has 0 aliphatic rings. The number of benzene rings is 2. The number of aromatic nitrogens is 3. The van der Waals surface area contributed by atoms with Crippen molar-refractivity contribution < 1.29 is 9.59 Å². The number of rotatable bonds is 5. The quantitative estimate of drug-likeness (QED) is 0.419. The van der Waals surface area contributed by atoms with Crippen LogP contribution in [-0.2, 0) is 4.79 Å². The maximum absolute atomic E-state index is 13.1. The van der Waals surface area contributed by atoms with E-state index in [0.717, 1.165) is 21.6 Å². The lowest BCUT2D eigenvalue weighted by Gasteiger charge is -2.12. The van der Waals surface area contributed by atoms with E-state index in [2.05, 4.69) is 20.7 Å². The minimum absolute atomic E-state index is 0.0535. The predicted molar refractivity (Wildman–Crippen MR) is 125 cm³/mol. The molecule has 0 radical (unpaired) electrons. The number of hydrogen-bond acceptors (Lipinski definition) is 5. The van der Waals surface area contributed by atoms with Crippen LogP contribution in [0.25, 0.3) is 15.9 Å². The first-order valence-corrected chi connectivity index (χ1v) is 10.8. The van der Waals surface area contributed by atoms with Gasteiger partial charge < -0.3 is 5.32 Å². The number of fused-ring (bicyclic) bond motifs is 1. The van der Waals surface area contributed by atoms with Crippen LogP contribution in [0.2, 0.25) is 5.02 Å². The Labute approximate surface area is 188 Å². The number of halogens is 1. The number of amides is 2. The third-order valence-electron chi connectivity index (χ3n) is 4.58. The molecule has 0 aliphatic heterocycles. The van der Waals surface area contributed by atoms with Crippen LogP contribution in [0.3, 0.4) is 0 Å². The smallest absolute Gasteiger partial charge is 0.260 e. The van der Waals surface area contributed by atoms with Crippen LogP contribution < -0.4 is 10.6 Å². The standard InChI is InChI=1S/C22H20ClN5O2S/c1-12(2)20-17(11-24-28(20)16-6-4-5-14(23)9-16)21(30)27-22-26-18-8-7-15(25-13(3)29)10-19(18)31-22/h4-12H,1-3H3,(H,25,29)(H,26,27,30). The van der Waals surface area contributed by atoms with Crippen molar-refractivity contribution in [3.63, 3.8) is 0 Å². The summed E-state index contributed by atoms with van der Waals surface area (Å²) >= 11 is 7.47. The molecule has 2 amide bonds. The lowest BCUT2D eigenvalue weighted by atomic mass is 10.1. The molecule has 4 aromatic rings. The Bertz CT molecular complexity index is 1290. The number of hydrogen-bond donors (Lipinski definition) is 2. The topological polar surface area (TPSA) is 88.9 Å². The molecule has 158 valence electrons. The molecular formula is C22H20ClN5O2S. The number of nitrogens with zero attached hydrogens (tertiary/aromatic N) is 3. The molecule has 31 heavy (non-hydrogen) atoms. The molecule has 0 fully saturated rings. The lowest BCUT2D eigenvalue weighted by Crippen LogP contribution is -2.15. The largest absolute Gasteiger partial charge is 0.326 e. The Morgan fingerprint density at radius 3 is 2.65 bits per heavy atom. The Morgan fingerprint density at radius 2 is 1.94 bits per heavy atom. The van der Waals surface area contributed by atoms with Crippen molar-refractivity contribution in [3.8, 4) is 5.69 Å². The van der Waals surface area contributed by atoms with Gasteiger partial charge in [-0.3, -0.25) is 14.9 Å². The number of anilines is 2. The van der Waals surface area contributed by atoms with Crippen LogP contribution in [-0.4, -0.2) is 26.6 Å². The van der Waals surface area contributed by atoms with Crippen LogP contribution in [0, 0.1) is 0 Å². The molecule has 2 aromatic heterocycles. The van der Waals surface area contributed by atoms with Gasteiger partial charge in [-0.25, -0.2) is 9.67 Å². The summed E-state index contributed by atoms with van der Waals surface area (Å²) in [7, 11) is 0. The highest BCUT2D eigenvalue weighted by atomic mass is 35.5. The number of carbonyl (C=O) groups excluding carboxylic acids is 2. The van der Waals surface area contributed by atoms with E-state index in [1.807, 2.05) is 44.2 Å². The first-order valence-electron chi connectivity index (χ1n) is 9.65. The second kappa shape index (κ2) is 8.49. The van der Waals surface area contributed by atoms with E-state index in [0.29, 0.717) is 21.4 Å². The van der Waals surface area contributed by atoms with Gasteiger partial charge >= 0.3 is 0 Å². The zero-order valence-electron chi connectivity index (χ0n) is 17.1. The van der Waals surface area contributed by atoms with E-state index in [1.165, 1.54) is 18.3 Å². The maximum Gasteiger partial charge on any atom is 0.260 e. The molecule has 4 rings (SSSR count). The maximum atomic E-state index is 13.1. The number of nitrogens with one attached hydrogen (secondary N) is 2. The zero-order chi connectivity index (χ0) is 22.1. The fourth-order valence-electron chi connectivity index (χ4n) is 3.33. The lowest BCUT2D eigenvalue weighted by molar-refractivity contribution is -0.114. The molecule has 2 heterocycles. The van der Waals surface area contributed by atoms with Crippen molar-refractivity contribution in [2.24, 2.45) is 0 Å². The van der Waals surface area contributed by atoms with Gasteiger partial charge in [-0.15, -0.1) is 0 Å². The molecule has 0 unspecified atom stereocenters. The van der Waals surface area contributed by atoms with Gasteiger partial charge in [0.15, 0.2) is 5.13 Å². The molecule has 7 nitrogen and oxygen atoms in total. The van der Waals surface area contributed by atoms with Gasteiger partial charge in [0.1, 0.15) is 0 Å². The van der Waals surface area contributed by atoms with Gasteiger partial charge in [0.25, 0.3) is 5.91 Å². The molecule has 0 saturated heterocycles. The molecular weight excluding hydrogens is 434 g/mol. The van der Waals surface area contributed by atoms with Crippen molar-refractivity contribution in [2.45, 2.75) is 26.7 Å². The summed E-state index contributed by atoms with van der Waals surface area (Å²) in [6.07, 6.45) is 1.56. The summed E-state index contributed by atoms with van der Waals surface area (Å²) in [6.45, 7) is 5.48. The van der Waals surface area contributed by atoms with Crippen molar-refractivity contribution in [3.05, 3.63) is 64.9 Å². The number of carbonyl (C=O) groups is 2. The highest BCUT2D eigenvalue weighted by Gasteiger charge is 2.22. The van der Waals surface area contributed by atoms with Gasteiger partial charge in [0.2, 0.25) is 5.91 Å². The summed E-state index contributed by atoms with van der Waals surface area (Å²) in [5.41, 5.74) is 3.49. The van der Waals surface area contributed by atoms with E-state index in [4.69, 9.17) is 11.6 Å². The van der Waals surface area contributed by atoms with Crippen molar-refractivity contribution in [2.75, 3.05) is 10.6 Å². The van der Waals surface area contributed by atoms with Crippen molar-refractivity contribution in [1.29, 1.82) is 0 Å². The molecule has 0 aliphatic carbocycles. The van der Waals surface area contributed by atoms with E-state index < -0.39 is 0 Å². The first kappa shape index (κ1) is 21.0. The summed E-state index contributed by atoms with van der Waals surface area (Å²) < 4.78 is 2.60. The minimum atomic E-state index is -0.280. The van der Waals surface area contributed by atoms with Crippen LogP contribution in [0.1, 0.15) is 42.7 Å². The number of thiazole rings is 1. The van der Waals surface area contributed by atoms with Crippen molar-refractivity contribution >= 4 is 55.8 Å². The van der Waals surface area contributed by atoms with Gasteiger partial charge in [0, 0.05) is 17.6 Å². The van der Waals surface area contributed by atoms with Crippen molar-refractivity contribution in [1.82, 2.24) is 14.8 Å². The van der Waals surface area contributed by atoms with Gasteiger partial charge in [-0.2, -0.15) is 5.10 Å². The van der Waals surface area contributed by atoms with E-state index >= 15 is 0 Å². The Morgan fingerprint density at radius 1 is 1.13 bits per heavy atom. The van der Waals surface area contributed by atoms with Crippen LogP contribution in [0.15, 0.2) is 48.7 Å². The molecule has 0 atom stereocenters. The summed E-state index contributed by atoms with van der Waals surface area (Å²) in [4.78, 5) is 28.8. The first-order chi connectivity index (χ1) is 14.8. The van der Waals surface area contributed by atoms with E-state index in [1.54, 1.807) is 23.0 Å². The predicted octanol–water partition coefficient (Wildman–Crippen LogP) is 5.47. The molecule has 0 saturated carbocycles. The molecule has 0 bridgehead atoms. The van der Waals surface area contributed by atoms with Gasteiger partial charge in [-0.05, 0) is 42.3 Å². The van der Waals surface area contributed by atoms with E-state index in [9.17, 15) is 9.59 Å². The third-order valence-corrected chi connectivity index (χ3v) is 5.75. The Balaban J connectivity index is 1.63. The molecule has 9 heteroatoms. The molecule has 2 aromatic carbocycles. The average molecular weight is 454 g/mol. The second-order valence-electron chi connectivity index (χ2n) is 7.33. The summed E-state index contributed by atoms with van der Waals surface area (Å²) in [5, 5.41) is 11.1. The average Bonchev–Trinajstić information content (AvgIpc) is 3.31. The Kier molecular flexibility index (Phi) is 5.75. The summed E-state index contributed by atoms with van der Waals surface area (Å²) in [6, 6.07) is 12.8. The minimum Gasteiger partial charge on any atom is -0.326 e.